The lowest BCUT2D eigenvalue weighted by Crippen LogP contribution is -2.43. The third-order valence-corrected chi connectivity index (χ3v) is 11.4. The lowest BCUT2D eigenvalue weighted by Gasteiger charge is -2.36. The maximum atomic E-state index is 13.5. The van der Waals surface area contributed by atoms with Gasteiger partial charge in [-0.25, -0.2) is 14.4 Å². The number of hydrogen-bond acceptors (Lipinski definition) is 5. The van der Waals surface area contributed by atoms with Gasteiger partial charge in [-0.2, -0.15) is 0 Å². The SMILES string of the molecule is CC(C)(C)[Si](C)(C)Oc1cccc(C2=CN3C(=O)/C(=C/c4ccco4)N=C3C(Cc3ccc(F)cc3)=N2)c1. The van der Waals surface area contributed by atoms with E-state index < -0.39 is 8.32 Å². The molecule has 0 aliphatic carbocycles. The van der Waals surface area contributed by atoms with Gasteiger partial charge in [0.15, 0.2) is 5.84 Å². The van der Waals surface area contributed by atoms with Gasteiger partial charge in [-0.1, -0.05) is 45.0 Å². The highest BCUT2D eigenvalue weighted by Crippen LogP contribution is 2.38. The highest BCUT2D eigenvalue weighted by molar-refractivity contribution is 6.74. The molecule has 0 fully saturated rings. The molecule has 1 aromatic heterocycles. The third-order valence-electron chi connectivity index (χ3n) is 7.07. The molecule has 5 rings (SSSR count). The van der Waals surface area contributed by atoms with Crippen molar-refractivity contribution in [1.29, 1.82) is 0 Å². The maximum absolute atomic E-state index is 13.5. The van der Waals surface area contributed by atoms with Crippen molar-refractivity contribution in [2.24, 2.45) is 9.98 Å². The van der Waals surface area contributed by atoms with Gasteiger partial charge in [0.1, 0.15) is 23.0 Å². The number of amides is 1. The number of rotatable bonds is 6. The predicted molar refractivity (Wildman–Crippen MR) is 151 cm³/mol. The summed E-state index contributed by atoms with van der Waals surface area (Å²) in [5.41, 5.74) is 3.18. The molecule has 0 atom stereocenters. The van der Waals surface area contributed by atoms with Gasteiger partial charge < -0.3 is 8.84 Å². The van der Waals surface area contributed by atoms with Crippen LogP contribution in [0.15, 0.2) is 93.2 Å². The van der Waals surface area contributed by atoms with E-state index >= 15 is 0 Å². The average molecular weight is 528 g/mol. The molecular weight excluding hydrogens is 497 g/mol. The van der Waals surface area contributed by atoms with Crippen LogP contribution in [-0.4, -0.2) is 30.7 Å². The van der Waals surface area contributed by atoms with Crippen molar-refractivity contribution in [1.82, 2.24) is 4.90 Å². The van der Waals surface area contributed by atoms with Gasteiger partial charge >= 0.3 is 0 Å². The number of amidine groups is 1. The molecule has 38 heavy (non-hydrogen) atoms. The van der Waals surface area contributed by atoms with Crippen LogP contribution in [0.25, 0.3) is 11.8 Å². The van der Waals surface area contributed by atoms with Gasteiger partial charge in [0.2, 0.25) is 8.32 Å². The summed E-state index contributed by atoms with van der Waals surface area (Å²) in [5.74, 6) is 1.19. The van der Waals surface area contributed by atoms with E-state index in [0.717, 1.165) is 16.9 Å². The molecule has 0 radical (unpaired) electrons. The van der Waals surface area contributed by atoms with Gasteiger partial charge in [-0.3, -0.25) is 9.69 Å². The van der Waals surface area contributed by atoms with E-state index in [1.54, 1.807) is 42.8 Å². The molecule has 0 bridgehead atoms. The second kappa shape index (κ2) is 9.68. The fourth-order valence-corrected chi connectivity index (χ4v) is 4.95. The Kier molecular flexibility index (Phi) is 6.52. The van der Waals surface area contributed by atoms with Crippen molar-refractivity contribution in [3.05, 3.63) is 102 Å². The number of hydrogen-bond donors (Lipinski definition) is 0. The van der Waals surface area contributed by atoms with Crippen molar-refractivity contribution < 1.29 is 18.0 Å². The van der Waals surface area contributed by atoms with E-state index in [1.807, 2.05) is 24.3 Å². The van der Waals surface area contributed by atoms with Crippen LogP contribution in [0.1, 0.15) is 37.7 Å². The van der Waals surface area contributed by atoms with Crippen LogP contribution in [-0.2, 0) is 11.2 Å². The molecule has 3 heterocycles. The Morgan fingerprint density at radius 3 is 2.50 bits per heavy atom. The fourth-order valence-electron chi connectivity index (χ4n) is 3.93. The lowest BCUT2D eigenvalue weighted by atomic mass is 10.0. The fraction of sp³-hybridized carbons (Fsp3) is 0.233. The Hall–Kier alpha value is -4.04. The first-order valence-corrected chi connectivity index (χ1v) is 15.4. The first kappa shape index (κ1) is 25.6. The topological polar surface area (TPSA) is 67.4 Å². The normalized spacial score (nSPS) is 16.8. The summed E-state index contributed by atoms with van der Waals surface area (Å²) in [7, 11) is -2.05. The van der Waals surface area contributed by atoms with Crippen molar-refractivity contribution in [3.8, 4) is 5.75 Å². The minimum Gasteiger partial charge on any atom is -0.543 e. The molecule has 2 aromatic carbocycles. The molecule has 0 spiro atoms. The molecule has 1 amide bonds. The molecule has 0 unspecified atom stereocenters. The van der Waals surface area contributed by atoms with Gasteiger partial charge in [-0.05, 0) is 60.1 Å². The van der Waals surface area contributed by atoms with E-state index in [9.17, 15) is 9.18 Å². The molecule has 3 aromatic rings. The number of halogens is 1. The van der Waals surface area contributed by atoms with Crippen molar-refractivity contribution in [2.45, 2.75) is 45.3 Å². The van der Waals surface area contributed by atoms with Crippen LogP contribution >= 0.6 is 0 Å². The predicted octanol–water partition coefficient (Wildman–Crippen LogP) is 7.08. The smallest absolute Gasteiger partial charge is 0.282 e. The summed E-state index contributed by atoms with van der Waals surface area (Å²) in [6, 6.07) is 17.6. The van der Waals surface area contributed by atoms with E-state index in [4.69, 9.17) is 13.8 Å². The highest BCUT2D eigenvalue weighted by atomic mass is 28.4. The summed E-state index contributed by atoms with van der Waals surface area (Å²) in [6.07, 6.45) is 5.26. The Morgan fingerprint density at radius 2 is 1.82 bits per heavy atom. The molecule has 194 valence electrons. The molecule has 6 nitrogen and oxygen atoms in total. The van der Waals surface area contributed by atoms with E-state index in [-0.39, 0.29) is 22.5 Å². The third kappa shape index (κ3) is 5.17. The lowest BCUT2D eigenvalue weighted by molar-refractivity contribution is -0.120. The zero-order valence-corrected chi connectivity index (χ0v) is 23.2. The molecule has 8 heteroatoms. The largest absolute Gasteiger partial charge is 0.543 e. The van der Waals surface area contributed by atoms with Crippen LogP contribution in [0.4, 0.5) is 4.39 Å². The second-order valence-electron chi connectivity index (χ2n) is 10.9. The number of aliphatic imine (C=N–C) groups is 2. The maximum Gasteiger partial charge on any atom is 0.282 e. The number of benzene rings is 2. The van der Waals surface area contributed by atoms with Gasteiger partial charge in [0.25, 0.3) is 5.91 Å². The number of carbonyl (C=O) groups excluding carboxylic acids is 1. The van der Waals surface area contributed by atoms with Gasteiger partial charge in [-0.15, -0.1) is 0 Å². The van der Waals surface area contributed by atoms with E-state index in [0.29, 0.717) is 29.4 Å². The number of carbonyl (C=O) groups is 1. The van der Waals surface area contributed by atoms with Crippen LogP contribution in [0, 0.1) is 5.82 Å². The number of fused-ring (bicyclic) bond motifs is 1. The monoisotopic (exact) mass is 527 g/mol. The molecule has 0 N–H and O–H groups in total. The molecule has 2 aliphatic rings. The zero-order valence-electron chi connectivity index (χ0n) is 22.2. The van der Waals surface area contributed by atoms with Crippen LogP contribution in [0.2, 0.25) is 18.1 Å². The molecule has 0 saturated heterocycles. The second-order valence-corrected chi connectivity index (χ2v) is 15.6. The van der Waals surface area contributed by atoms with Crippen LogP contribution in [0.5, 0.6) is 5.75 Å². The van der Waals surface area contributed by atoms with Gasteiger partial charge in [0.05, 0.1) is 17.7 Å². The summed E-state index contributed by atoms with van der Waals surface area (Å²) in [4.78, 5) is 24.4. The first-order chi connectivity index (χ1) is 18.0. The Bertz CT molecular complexity index is 1490. The Labute approximate surface area is 223 Å². The Balaban J connectivity index is 1.53. The van der Waals surface area contributed by atoms with Crippen LogP contribution in [0.3, 0.4) is 0 Å². The summed E-state index contributed by atoms with van der Waals surface area (Å²) in [5, 5.41) is 0.0532. The van der Waals surface area contributed by atoms with Crippen molar-refractivity contribution >= 4 is 37.5 Å². The quantitative estimate of drug-likeness (QED) is 0.254. The molecular formula is C30H30FN3O3Si. The summed E-state index contributed by atoms with van der Waals surface area (Å²) < 4.78 is 25.4. The van der Waals surface area contributed by atoms with E-state index in [1.165, 1.54) is 17.0 Å². The summed E-state index contributed by atoms with van der Waals surface area (Å²) in [6.45, 7) is 11.0. The zero-order chi connectivity index (χ0) is 27.1. The van der Waals surface area contributed by atoms with Crippen LogP contribution < -0.4 is 4.43 Å². The average Bonchev–Trinajstić information content (AvgIpc) is 3.48. The van der Waals surface area contributed by atoms with E-state index in [2.05, 4.69) is 38.9 Å². The van der Waals surface area contributed by atoms with Gasteiger partial charge in [0, 0.05) is 24.3 Å². The minimum atomic E-state index is -2.05. The highest BCUT2D eigenvalue weighted by Gasteiger charge is 2.39. The first-order valence-electron chi connectivity index (χ1n) is 12.5. The summed E-state index contributed by atoms with van der Waals surface area (Å²) >= 11 is 0. The number of furan rings is 1. The minimum absolute atomic E-state index is 0.0532. The molecule has 2 aliphatic heterocycles. The molecule has 0 saturated carbocycles. The number of nitrogens with zero attached hydrogens (tertiary/aromatic N) is 3. The Morgan fingerprint density at radius 1 is 1.05 bits per heavy atom. The standard InChI is InChI=1S/C30H30FN3O3Si/c1-30(2,3)38(4,5)37-24-9-6-8-21(17-24)27-19-34-28(25(32-27)16-20-11-13-22(31)14-12-20)33-26(29(34)35)18-23-10-7-15-36-23/h6-15,17-19H,16H2,1-5H3/b26-18-. The van der Waals surface area contributed by atoms with Crippen molar-refractivity contribution in [3.63, 3.8) is 0 Å². The van der Waals surface area contributed by atoms with Crippen molar-refractivity contribution in [2.75, 3.05) is 0 Å².